The lowest BCUT2D eigenvalue weighted by atomic mass is 9.95. The summed E-state index contributed by atoms with van der Waals surface area (Å²) in [6, 6.07) is 2.03. The fraction of sp³-hybridized carbons (Fsp3) is 0.600. The van der Waals surface area contributed by atoms with Gasteiger partial charge < -0.3 is 10.3 Å². The van der Waals surface area contributed by atoms with E-state index in [4.69, 9.17) is 0 Å². The van der Waals surface area contributed by atoms with Gasteiger partial charge in [-0.05, 0) is 32.5 Å². The van der Waals surface area contributed by atoms with Gasteiger partial charge in [-0.25, -0.2) is 9.97 Å². The molecule has 108 valence electrons. The standard InChI is InChI=1S/C15H23N5/c1-3-20(2)15(7-4-5-8-15)10-17-14-12-6-9-16-13(12)18-11-19-14/h6,9,11H,3-5,7-8,10H2,1-2H3,(H2,16,17,18,19). The molecule has 1 aliphatic carbocycles. The third-order valence-corrected chi connectivity index (χ3v) is 4.76. The largest absolute Gasteiger partial charge is 0.368 e. The maximum Gasteiger partial charge on any atom is 0.142 e. The molecule has 0 spiro atoms. The molecule has 0 amide bonds. The molecule has 2 N–H and O–H groups in total. The number of fused-ring (bicyclic) bond motifs is 1. The SMILES string of the molecule is CCN(C)C1(CNc2ncnc3[nH]ccc23)CCCC1. The average molecular weight is 273 g/mol. The van der Waals surface area contributed by atoms with Crippen LogP contribution in [0.1, 0.15) is 32.6 Å². The molecule has 0 unspecified atom stereocenters. The summed E-state index contributed by atoms with van der Waals surface area (Å²) < 4.78 is 0. The number of H-pyrrole nitrogens is 1. The maximum atomic E-state index is 4.40. The van der Waals surface area contributed by atoms with E-state index >= 15 is 0 Å². The summed E-state index contributed by atoms with van der Waals surface area (Å²) in [6.45, 7) is 4.27. The molecule has 1 saturated carbocycles. The molecule has 0 radical (unpaired) electrons. The highest BCUT2D eigenvalue weighted by molar-refractivity contribution is 5.86. The Labute approximate surface area is 119 Å². The molecule has 2 aromatic heterocycles. The Morgan fingerprint density at radius 2 is 2.15 bits per heavy atom. The van der Waals surface area contributed by atoms with E-state index in [1.807, 2.05) is 12.3 Å². The summed E-state index contributed by atoms with van der Waals surface area (Å²) in [5.41, 5.74) is 1.18. The molecule has 0 aromatic carbocycles. The molecule has 1 fully saturated rings. The lowest BCUT2D eigenvalue weighted by Crippen LogP contribution is -2.49. The van der Waals surface area contributed by atoms with Crippen LogP contribution in [0, 0.1) is 0 Å². The second-order valence-corrected chi connectivity index (χ2v) is 5.76. The van der Waals surface area contributed by atoms with E-state index in [9.17, 15) is 0 Å². The van der Waals surface area contributed by atoms with Crippen molar-refractivity contribution in [3.63, 3.8) is 0 Å². The topological polar surface area (TPSA) is 56.8 Å². The van der Waals surface area contributed by atoms with Crippen LogP contribution in [0.2, 0.25) is 0 Å². The Morgan fingerprint density at radius 3 is 2.90 bits per heavy atom. The Morgan fingerprint density at radius 1 is 1.35 bits per heavy atom. The normalized spacial score (nSPS) is 17.9. The first-order valence-corrected chi connectivity index (χ1v) is 7.48. The Balaban J connectivity index is 1.79. The van der Waals surface area contributed by atoms with Crippen molar-refractivity contribution in [1.29, 1.82) is 0 Å². The highest BCUT2D eigenvalue weighted by atomic mass is 15.2. The van der Waals surface area contributed by atoms with Crippen molar-refractivity contribution in [2.75, 3.05) is 25.5 Å². The number of likely N-dealkylation sites (N-methyl/N-ethyl adjacent to an activating group) is 1. The van der Waals surface area contributed by atoms with E-state index in [0.717, 1.165) is 29.9 Å². The number of nitrogens with one attached hydrogen (secondary N) is 2. The Kier molecular flexibility index (Phi) is 3.61. The van der Waals surface area contributed by atoms with Crippen LogP contribution < -0.4 is 5.32 Å². The van der Waals surface area contributed by atoms with Crippen LogP contribution >= 0.6 is 0 Å². The van der Waals surface area contributed by atoms with Crippen molar-refractivity contribution < 1.29 is 0 Å². The summed E-state index contributed by atoms with van der Waals surface area (Å²) in [6.07, 6.45) is 8.72. The first-order valence-electron chi connectivity index (χ1n) is 7.48. The third kappa shape index (κ3) is 2.26. The van der Waals surface area contributed by atoms with E-state index in [1.165, 1.54) is 25.7 Å². The van der Waals surface area contributed by atoms with Crippen LogP contribution in [0.15, 0.2) is 18.6 Å². The number of aromatic nitrogens is 3. The molecule has 20 heavy (non-hydrogen) atoms. The summed E-state index contributed by atoms with van der Waals surface area (Å²) in [7, 11) is 2.23. The van der Waals surface area contributed by atoms with Gasteiger partial charge in [-0.2, -0.15) is 0 Å². The first-order chi connectivity index (χ1) is 9.75. The quantitative estimate of drug-likeness (QED) is 0.879. The molecule has 2 heterocycles. The average Bonchev–Trinajstić information content (AvgIpc) is 3.13. The Hall–Kier alpha value is -1.62. The number of hydrogen-bond acceptors (Lipinski definition) is 4. The number of anilines is 1. The fourth-order valence-corrected chi connectivity index (χ4v) is 3.32. The van der Waals surface area contributed by atoms with Gasteiger partial charge in [0.2, 0.25) is 0 Å². The zero-order valence-electron chi connectivity index (χ0n) is 12.3. The Bertz CT molecular complexity index is 570. The molecular weight excluding hydrogens is 250 g/mol. The number of nitrogens with zero attached hydrogens (tertiary/aromatic N) is 3. The van der Waals surface area contributed by atoms with Crippen molar-refractivity contribution in [1.82, 2.24) is 19.9 Å². The van der Waals surface area contributed by atoms with Crippen LogP contribution in [0.4, 0.5) is 5.82 Å². The molecule has 3 rings (SSSR count). The van der Waals surface area contributed by atoms with E-state index in [-0.39, 0.29) is 5.54 Å². The summed E-state index contributed by atoms with van der Waals surface area (Å²) in [5.74, 6) is 0.937. The lowest BCUT2D eigenvalue weighted by molar-refractivity contribution is 0.144. The molecule has 5 heteroatoms. The zero-order valence-corrected chi connectivity index (χ0v) is 12.3. The van der Waals surface area contributed by atoms with Crippen molar-refractivity contribution in [2.24, 2.45) is 0 Å². The lowest BCUT2D eigenvalue weighted by Gasteiger charge is -2.38. The third-order valence-electron chi connectivity index (χ3n) is 4.76. The summed E-state index contributed by atoms with van der Waals surface area (Å²) >= 11 is 0. The van der Waals surface area contributed by atoms with Gasteiger partial charge in [0.25, 0.3) is 0 Å². The molecule has 0 bridgehead atoms. The van der Waals surface area contributed by atoms with E-state index in [0.29, 0.717) is 0 Å². The highest BCUT2D eigenvalue weighted by Crippen LogP contribution is 2.34. The monoisotopic (exact) mass is 273 g/mol. The minimum atomic E-state index is 0.280. The van der Waals surface area contributed by atoms with Gasteiger partial charge in [-0.15, -0.1) is 0 Å². The van der Waals surface area contributed by atoms with Gasteiger partial charge >= 0.3 is 0 Å². The highest BCUT2D eigenvalue weighted by Gasteiger charge is 2.36. The van der Waals surface area contributed by atoms with Gasteiger partial charge in [-0.1, -0.05) is 19.8 Å². The molecule has 2 aromatic rings. The molecule has 0 aliphatic heterocycles. The number of aromatic amines is 1. The van der Waals surface area contributed by atoms with Crippen LogP contribution in [-0.4, -0.2) is 45.5 Å². The second-order valence-electron chi connectivity index (χ2n) is 5.76. The van der Waals surface area contributed by atoms with Crippen molar-refractivity contribution in [3.8, 4) is 0 Å². The minimum absolute atomic E-state index is 0.280. The van der Waals surface area contributed by atoms with Gasteiger partial charge in [-0.3, -0.25) is 4.90 Å². The zero-order chi connectivity index (χ0) is 14.0. The van der Waals surface area contributed by atoms with Gasteiger partial charge in [0.1, 0.15) is 17.8 Å². The minimum Gasteiger partial charge on any atom is -0.368 e. The van der Waals surface area contributed by atoms with Gasteiger partial charge in [0.05, 0.1) is 5.39 Å². The van der Waals surface area contributed by atoms with E-state index < -0.39 is 0 Å². The van der Waals surface area contributed by atoms with Crippen molar-refractivity contribution >= 4 is 16.9 Å². The molecule has 0 atom stereocenters. The van der Waals surface area contributed by atoms with Crippen LogP contribution in [0.3, 0.4) is 0 Å². The van der Waals surface area contributed by atoms with Gasteiger partial charge in [0, 0.05) is 18.3 Å². The molecule has 1 aliphatic rings. The van der Waals surface area contributed by atoms with Crippen LogP contribution in [0.25, 0.3) is 11.0 Å². The molecule has 0 saturated heterocycles. The predicted octanol–water partition coefficient (Wildman–Crippen LogP) is 2.63. The predicted molar refractivity (Wildman–Crippen MR) is 81.9 cm³/mol. The molecular formula is C15H23N5. The fourth-order valence-electron chi connectivity index (χ4n) is 3.32. The first kappa shape index (κ1) is 13.4. The number of hydrogen-bond donors (Lipinski definition) is 2. The smallest absolute Gasteiger partial charge is 0.142 e. The summed E-state index contributed by atoms with van der Waals surface area (Å²) in [5, 5.41) is 4.63. The van der Waals surface area contributed by atoms with Crippen molar-refractivity contribution in [2.45, 2.75) is 38.1 Å². The number of rotatable bonds is 5. The van der Waals surface area contributed by atoms with Crippen LogP contribution in [0.5, 0.6) is 0 Å². The summed E-state index contributed by atoms with van der Waals surface area (Å²) in [4.78, 5) is 14.2. The van der Waals surface area contributed by atoms with Crippen molar-refractivity contribution in [3.05, 3.63) is 18.6 Å². The van der Waals surface area contributed by atoms with E-state index in [2.05, 4.69) is 39.1 Å². The van der Waals surface area contributed by atoms with E-state index in [1.54, 1.807) is 6.33 Å². The molecule has 5 nitrogen and oxygen atoms in total. The maximum absolute atomic E-state index is 4.40. The van der Waals surface area contributed by atoms with Crippen LogP contribution in [-0.2, 0) is 0 Å². The second kappa shape index (κ2) is 5.40. The van der Waals surface area contributed by atoms with Gasteiger partial charge in [0.15, 0.2) is 0 Å².